The highest BCUT2D eigenvalue weighted by atomic mass is 79.9. The molecule has 96 valence electrons. The molecule has 0 bridgehead atoms. The van der Waals surface area contributed by atoms with E-state index < -0.39 is 0 Å². The van der Waals surface area contributed by atoms with E-state index in [1.165, 1.54) is 0 Å². The first-order valence-corrected chi connectivity index (χ1v) is 6.32. The smallest absolute Gasteiger partial charge is 0.223 e. The Labute approximate surface area is 113 Å². The highest BCUT2D eigenvalue weighted by molar-refractivity contribution is 9.10. The summed E-state index contributed by atoms with van der Waals surface area (Å²) in [5.41, 5.74) is 6.84. The van der Waals surface area contributed by atoms with Crippen LogP contribution in [0.1, 0.15) is 30.2 Å². The molecule has 0 saturated heterocycles. The normalized spacial score (nSPS) is 12.4. The second-order valence-corrected chi connectivity index (χ2v) is 4.90. The lowest BCUT2D eigenvalue weighted by molar-refractivity contribution is 0.282. The van der Waals surface area contributed by atoms with E-state index in [-0.39, 0.29) is 12.6 Å². The second-order valence-electron chi connectivity index (χ2n) is 3.99. The average Bonchev–Trinajstić information content (AvgIpc) is 2.72. The van der Waals surface area contributed by atoms with Crippen molar-refractivity contribution in [1.29, 1.82) is 0 Å². The number of hydrogen-bond acceptors (Lipinski definition) is 5. The third-order valence-electron chi connectivity index (χ3n) is 2.39. The third-order valence-corrected chi connectivity index (χ3v) is 2.89. The van der Waals surface area contributed by atoms with Crippen molar-refractivity contribution < 1.29 is 9.26 Å². The van der Waals surface area contributed by atoms with Gasteiger partial charge in [0.2, 0.25) is 11.7 Å². The SMILES string of the molecule is Cc1nc(COc2cc(Br)ccc2C(C)N)no1. The molecule has 0 saturated carbocycles. The van der Waals surface area contributed by atoms with Crippen LogP contribution in [0.2, 0.25) is 0 Å². The predicted octanol–water partition coefficient (Wildman–Crippen LogP) is 2.74. The number of ether oxygens (including phenoxy) is 1. The van der Waals surface area contributed by atoms with Crippen LogP contribution in [0, 0.1) is 6.92 Å². The van der Waals surface area contributed by atoms with E-state index in [0.29, 0.717) is 11.7 Å². The Kier molecular flexibility index (Phi) is 3.98. The fraction of sp³-hybridized carbons (Fsp3) is 0.333. The van der Waals surface area contributed by atoms with Crippen LogP contribution in [0.25, 0.3) is 0 Å². The molecular weight excluding hydrogens is 298 g/mol. The van der Waals surface area contributed by atoms with Crippen LogP contribution in [0.5, 0.6) is 5.75 Å². The highest BCUT2D eigenvalue weighted by Gasteiger charge is 2.10. The molecule has 0 spiro atoms. The number of halogens is 1. The molecule has 0 amide bonds. The fourth-order valence-electron chi connectivity index (χ4n) is 1.55. The maximum Gasteiger partial charge on any atom is 0.223 e. The number of aryl methyl sites for hydroxylation is 1. The van der Waals surface area contributed by atoms with Gasteiger partial charge in [-0.05, 0) is 19.1 Å². The number of benzene rings is 1. The maximum absolute atomic E-state index is 5.89. The largest absolute Gasteiger partial charge is 0.485 e. The number of aromatic nitrogens is 2. The van der Waals surface area contributed by atoms with Crippen LogP contribution in [0.15, 0.2) is 27.2 Å². The van der Waals surface area contributed by atoms with Crippen LogP contribution < -0.4 is 10.5 Å². The molecule has 2 N–H and O–H groups in total. The van der Waals surface area contributed by atoms with Gasteiger partial charge in [0, 0.05) is 23.0 Å². The van der Waals surface area contributed by atoms with Gasteiger partial charge < -0.3 is 15.0 Å². The van der Waals surface area contributed by atoms with Crippen molar-refractivity contribution in [2.45, 2.75) is 26.5 Å². The zero-order valence-electron chi connectivity index (χ0n) is 10.2. The first kappa shape index (κ1) is 13.0. The van der Waals surface area contributed by atoms with Crippen LogP contribution >= 0.6 is 15.9 Å². The third kappa shape index (κ3) is 3.08. The Morgan fingerprint density at radius 2 is 2.28 bits per heavy atom. The molecule has 6 heteroatoms. The van der Waals surface area contributed by atoms with Gasteiger partial charge in [-0.25, -0.2) is 0 Å². The topological polar surface area (TPSA) is 74.2 Å². The van der Waals surface area contributed by atoms with Gasteiger partial charge in [-0.2, -0.15) is 4.98 Å². The van der Waals surface area contributed by atoms with E-state index in [1.54, 1.807) is 6.92 Å². The van der Waals surface area contributed by atoms with Crippen molar-refractivity contribution in [2.24, 2.45) is 5.73 Å². The lowest BCUT2D eigenvalue weighted by atomic mass is 10.1. The molecule has 1 aromatic carbocycles. The summed E-state index contributed by atoms with van der Waals surface area (Å²) in [6, 6.07) is 5.65. The minimum atomic E-state index is -0.0971. The van der Waals surface area contributed by atoms with Crippen molar-refractivity contribution in [3.05, 3.63) is 40.0 Å². The van der Waals surface area contributed by atoms with Crippen LogP contribution in [0.4, 0.5) is 0 Å². The predicted molar refractivity (Wildman–Crippen MR) is 70.1 cm³/mol. The van der Waals surface area contributed by atoms with Crippen molar-refractivity contribution in [3.63, 3.8) is 0 Å². The fourth-order valence-corrected chi connectivity index (χ4v) is 1.89. The second kappa shape index (κ2) is 5.49. The van der Waals surface area contributed by atoms with Crippen LogP contribution in [-0.2, 0) is 6.61 Å². The monoisotopic (exact) mass is 311 g/mol. The van der Waals surface area contributed by atoms with Gasteiger partial charge in [0.1, 0.15) is 5.75 Å². The van der Waals surface area contributed by atoms with E-state index >= 15 is 0 Å². The first-order valence-electron chi connectivity index (χ1n) is 5.53. The zero-order chi connectivity index (χ0) is 13.1. The molecule has 1 aromatic heterocycles. The van der Waals surface area contributed by atoms with Gasteiger partial charge in [0.05, 0.1) is 0 Å². The van der Waals surface area contributed by atoms with E-state index in [9.17, 15) is 0 Å². The van der Waals surface area contributed by atoms with E-state index in [0.717, 1.165) is 15.8 Å². The summed E-state index contributed by atoms with van der Waals surface area (Å²) in [5.74, 6) is 1.76. The Hall–Kier alpha value is -1.40. The van der Waals surface area contributed by atoms with E-state index in [4.69, 9.17) is 15.0 Å². The molecule has 2 aromatic rings. The van der Waals surface area contributed by atoms with Gasteiger partial charge >= 0.3 is 0 Å². The number of nitrogens with zero attached hydrogens (tertiary/aromatic N) is 2. The number of rotatable bonds is 4. The molecule has 1 unspecified atom stereocenters. The maximum atomic E-state index is 5.89. The summed E-state index contributed by atoms with van der Waals surface area (Å²) in [6.45, 7) is 3.91. The molecule has 18 heavy (non-hydrogen) atoms. The molecule has 0 aliphatic rings. The number of nitrogens with two attached hydrogens (primary N) is 1. The van der Waals surface area contributed by atoms with Gasteiger partial charge in [0.25, 0.3) is 0 Å². The van der Waals surface area contributed by atoms with Gasteiger partial charge in [-0.15, -0.1) is 0 Å². The van der Waals surface area contributed by atoms with Gasteiger partial charge in [0.15, 0.2) is 6.61 Å². The molecule has 0 aliphatic heterocycles. The summed E-state index contributed by atoms with van der Waals surface area (Å²) >= 11 is 3.41. The summed E-state index contributed by atoms with van der Waals surface area (Å²) in [5, 5.41) is 3.77. The molecule has 0 fully saturated rings. The molecule has 5 nitrogen and oxygen atoms in total. The minimum Gasteiger partial charge on any atom is -0.485 e. The molecule has 0 radical (unpaired) electrons. The summed E-state index contributed by atoms with van der Waals surface area (Å²) in [6.07, 6.45) is 0. The van der Waals surface area contributed by atoms with Crippen LogP contribution in [0.3, 0.4) is 0 Å². The lowest BCUT2D eigenvalue weighted by Gasteiger charge is -2.13. The summed E-state index contributed by atoms with van der Waals surface area (Å²) in [4.78, 5) is 4.08. The highest BCUT2D eigenvalue weighted by Crippen LogP contribution is 2.28. The Balaban J connectivity index is 2.15. The first-order chi connectivity index (χ1) is 8.56. The zero-order valence-corrected chi connectivity index (χ0v) is 11.8. The summed E-state index contributed by atoms with van der Waals surface area (Å²) < 4.78 is 11.5. The van der Waals surface area contributed by atoms with E-state index in [2.05, 4.69) is 26.1 Å². The van der Waals surface area contributed by atoms with Crippen molar-refractivity contribution >= 4 is 15.9 Å². The molecule has 0 aliphatic carbocycles. The Morgan fingerprint density at radius 1 is 1.50 bits per heavy atom. The molecular formula is C12H14BrN3O2. The van der Waals surface area contributed by atoms with Crippen LogP contribution in [-0.4, -0.2) is 10.1 Å². The van der Waals surface area contributed by atoms with Crippen molar-refractivity contribution in [2.75, 3.05) is 0 Å². The molecule has 1 heterocycles. The number of hydrogen-bond donors (Lipinski definition) is 1. The summed E-state index contributed by atoms with van der Waals surface area (Å²) in [7, 11) is 0. The standard InChI is InChI=1S/C12H14BrN3O2/c1-7(14)10-4-3-9(13)5-11(10)17-6-12-15-8(2)18-16-12/h3-5,7H,6,14H2,1-2H3. The van der Waals surface area contributed by atoms with Crippen molar-refractivity contribution in [1.82, 2.24) is 10.1 Å². The van der Waals surface area contributed by atoms with Gasteiger partial charge in [-0.3, -0.25) is 0 Å². The quantitative estimate of drug-likeness (QED) is 0.939. The average molecular weight is 312 g/mol. The lowest BCUT2D eigenvalue weighted by Crippen LogP contribution is -2.08. The van der Waals surface area contributed by atoms with Gasteiger partial charge in [-0.1, -0.05) is 27.2 Å². The Bertz CT molecular complexity index is 540. The Morgan fingerprint density at radius 3 is 2.89 bits per heavy atom. The van der Waals surface area contributed by atoms with E-state index in [1.807, 2.05) is 25.1 Å². The molecule has 2 rings (SSSR count). The minimum absolute atomic E-state index is 0.0971. The molecule has 1 atom stereocenters. The van der Waals surface area contributed by atoms with Crippen molar-refractivity contribution in [3.8, 4) is 5.75 Å².